The van der Waals surface area contributed by atoms with Gasteiger partial charge in [0.1, 0.15) is 0 Å². The van der Waals surface area contributed by atoms with Gasteiger partial charge in [-0.15, -0.1) is 0 Å². The SMILES string of the molecule is Cc1c(C#N)cc(C(F)(F)F)cc1CC(=O)O. The monoisotopic (exact) mass is 243 g/mol. The summed E-state index contributed by atoms with van der Waals surface area (Å²) in [6.07, 6.45) is -5.13. The van der Waals surface area contributed by atoms with Crippen molar-refractivity contribution in [3.8, 4) is 6.07 Å². The Morgan fingerprint density at radius 3 is 2.47 bits per heavy atom. The van der Waals surface area contributed by atoms with E-state index in [2.05, 4.69) is 0 Å². The van der Waals surface area contributed by atoms with Crippen LogP contribution in [-0.4, -0.2) is 11.1 Å². The number of nitriles is 1. The second kappa shape index (κ2) is 4.45. The van der Waals surface area contributed by atoms with Crippen LogP contribution in [0.2, 0.25) is 0 Å². The van der Waals surface area contributed by atoms with E-state index in [9.17, 15) is 18.0 Å². The van der Waals surface area contributed by atoms with Gasteiger partial charge in [0.25, 0.3) is 0 Å². The number of rotatable bonds is 2. The highest BCUT2D eigenvalue weighted by atomic mass is 19.4. The fraction of sp³-hybridized carbons (Fsp3) is 0.273. The number of carboxylic acids is 1. The summed E-state index contributed by atoms with van der Waals surface area (Å²) in [5, 5.41) is 17.3. The van der Waals surface area contributed by atoms with E-state index < -0.39 is 24.1 Å². The fourth-order valence-corrected chi connectivity index (χ4v) is 1.40. The van der Waals surface area contributed by atoms with Crippen LogP contribution in [-0.2, 0) is 17.4 Å². The number of carboxylic acid groups (broad SMARTS) is 1. The predicted molar refractivity (Wildman–Crippen MR) is 52.2 cm³/mol. The lowest BCUT2D eigenvalue weighted by Gasteiger charge is -2.11. The van der Waals surface area contributed by atoms with E-state index in [0.717, 1.165) is 12.1 Å². The van der Waals surface area contributed by atoms with Crippen LogP contribution in [0.25, 0.3) is 0 Å². The molecule has 1 N–H and O–H groups in total. The number of alkyl halides is 3. The molecule has 1 aromatic carbocycles. The summed E-state index contributed by atoms with van der Waals surface area (Å²) in [6.45, 7) is 1.43. The van der Waals surface area contributed by atoms with Crippen molar-refractivity contribution in [1.29, 1.82) is 5.26 Å². The molecule has 0 aliphatic carbocycles. The summed E-state index contributed by atoms with van der Waals surface area (Å²) in [7, 11) is 0. The molecule has 0 spiro atoms. The van der Waals surface area contributed by atoms with Crippen molar-refractivity contribution in [2.24, 2.45) is 0 Å². The first-order chi connectivity index (χ1) is 7.75. The Balaban J connectivity index is 3.40. The van der Waals surface area contributed by atoms with Gasteiger partial charge in [0.15, 0.2) is 0 Å². The smallest absolute Gasteiger partial charge is 0.416 e. The molecular formula is C11H8F3NO2. The lowest BCUT2D eigenvalue weighted by molar-refractivity contribution is -0.138. The van der Waals surface area contributed by atoms with E-state index in [4.69, 9.17) is 10.4 Å². The highest BCUT2D eigenvalue weighted by molar-refractivity contribution is 5.71. The van der Waals surface area contributed by atoms with Gasteiger partial charge in [-0.3, -0.25) is 4.79 Å². The summed E-state index contributed by atoms with van der Waals surface area (Å²) in [6, 6.07) is 3.12. The van der Waals surface area contributed by atoms with E-state index in [0.29, 0.717) is 0 Å². The maximum atomic E-state index is 12.5. The highest BCUT2D eigenvalue weighted by Gasteiger charge is 2.32. The molecule has 0 bridgehead atoms. The molecule has 17 heavy (non-hydrogen) atoms. The number of benzene rings is 1. The van der Waals surface area contributed by atoms with Crippen LogP contribution in [0.3, 0.4) is 0 Å². The number of aliphatic carboxylic acids is 1. The zero-order valence-corrected chi connectivity index (χ0v) is 8.80. The molecule has 0 aliphatic heterocycles. The van der Waals surface area contributed by atoms with Gasteiger partial charge in [0.05, 0.1) is 23.6 Å². The number of halogens is 3. The van der Waals surface area contributed by atoms with Crippen LogP contribution in [0.5, 0.6) is 0 Å². The van der Waals surface area contributed by atoms with Gasteiger partial charge in [-0.25, -0.2) is 0 Å². The second-order valence-corrected chi connectivity index (χ2v) is 3.49. The largest absolute Gasteiger partial charge is 0.481 e. The molecule has 90 valence electrons. The Hall–Kier alpha value is -2.03. The molecule has 1 rings (SSSR count). The molecule has 1 aromatic rings. The zero-order valence-electron chi connectivity index (χ0n) is 8.80. The average molecular weight is 243 g/mol. The number of hydrogen-bond donors (Lipinski definition) is 1. The van der Waals surface area contributed by atoms with Crippen LogP contribution in [0.15, 0.2) is 12.1 Å². The summed E-state index contributed by atoms with van der Waals surface area (Å²) >= 11 is 0. The summed E-state index contributed by atoms with van der Waals surface area (Å²) in [4.78, 5) is 10.5. The molecule has 0 saturated heterocycles. The van der Waals surface area contributed by atoms with Crippen LogP contribution < -0.4 is 0 Å². The third-order valence-corrected chi connectivity index (χ3v) is 2.30. The van der Waals surface area contributed by atoms with Gasteiger partial charge >= 0.3 is 12.1 Å². The van der Waals surface area contributed by atoms with Crippen molar-refractivity contribution in [3.05, 3.63) is 34.4 Å². The Morgan fingerprint density at radius 2 is 2.06 bits per heavy atom. The van der Waals surface area contributed by atoms with Gasteiger partial charge in [0.2, 0.25) is 0 Å². The molecule has 0 saturated carbocycles. The van der Waals surface area contributed by atoms with Crippen molar-refractivity contribution in [2.45, 2.75) is 19.5 Å². The van der Waals surface area contributed by atoms with Crippen molar-refractivity contribution in [3.63, 3.8) is 0 Å². The molecule has 0 fully saturated rings. The third kappa shape index (κ3) is 2.97. The lowest BCUT2D eigenvalue weighted by Crippen LogP contribution is -2.10. The van der Waals surface area contributed by atoms with Crippen LogP contribution in [0, 0.1) is 18.3 Å². The zero-order chi connectivity index (χ0) is 13.2. The van der Waals surface area contributed by atoms with Crippen molar-refractivity contribution in [2.75, 3.05) is 0 Å². The van der Waals surface area contributed by atoms with Crippen LogP contribution in [0.1, 0.15) is 22.3 Å². The molecule has 0 radical (unpaired) electrons. The first-order valence-corrected chi connectivity index (χ1v) is 4.58. The molecular weight excluding hydrogens is 235 g/mol. The van der Waals surface area contributed by atoms with Gasteiger partial charge in [-0.2, -0.15) is 18.4 Å². The van der Waals surface area contributed by atoms with Gasteiger partial charge < -0.3 is 5.11 Å². The predicted octanol–water partition coefficient (Wildman–Crippen LogP) is 2.51. The third-order valence-electron chi connectivity index (χ3n) is 2.30. The topological polar surface area (TPSA) is 61.1 Å². The van der Waals surface area contributed by atoms with Crippen molar-refractivity contribution < 1.29 is 23.1 Å². The molecule has 0 atom stereocenters. The van der Waals surface area contributed by atoms with E-state index in [1.165, 1.54) is 6.92 Å². The van der Waals surface area contributed by atoms with Gasteiger partial charge in [0, 0.05) is 0 Å². The minimum absolute atomic E-state index is 0.00359. The first-order valence-electron chi connectivity index (χ1n) is 4.58. The summed E-state index contributed by atoms with van der Waals surface area (Å²) in [5.41, 5.74) is -0.890. The quantitative estimate of drug-likeness (QED) is 0.868. The second-order valence-electron chi connectivity index (χ2n) is 3.49. The molecule has 0 heterocycles. The molecule has 0 amide bonds. The Morgan fingerprint density at radius 1 is 1.47 bits per heavy atom. The minimum Gasteiger partial charge on any atom is -0.481 e. The summed E-state index contributed by atoms with van der Waals surface area (Å²) < 4.78 is 37.5. The fourth-order valence-electron chi connectivity index (χ4n) is 1.40. The minimum atomic E-state index is -4.59. The van der Waals surface area contributed by atoms with E-state index >= 15 is 0 Å². The van der Waals surface area contributed by atoms with Gasteiger partial charge in [-0.05, 0) is 30.2 Å². The lowest BCUT2D eigenvalue weighted by atomic mass is 9.97. The average Bonchev–Trinajstić information content (AvgIpc) is 2.18. The first kappa shape index (κ1) is 13.0. The molecule has 0 aromatic heterocycles. The normalized spacial score (nSPS) is 11.0. The molecule has 6 heteroatoms. The molecule has 0 unspecified atom stereocenters. The van der Waals surface area contributed by atoms with Crippen molar-refractivity contribution in [1.82, 2.24) is 0 Å². The van der Waals surface area contributed by atoms with E-state index in [1.54, 1.807) is 6.07 Å². The molecule has 3 nitrogen and oxygen atoms in total. The van der Waals surface area contributed by atoms with Crippen LogP contribution in [0.4, 0.5) is 13.2 Å². The summed E-state index contributed by atoms with van der Waals surface area (Å²) in [5.74, 6) is -1.24. The Kier molecular flexibility index (Phi) is 3.42. The number of nitrogens with zero attached hydrogens (tertiary/aromatic N) is 1. The Labute approximate surface area is 95.1 Å². The number of hydrogen-bond acceptors (Lipinski definition) is 2. The standard InChI is InChI=1S/C11H8F3NO2/c1-6-7(4-10(16)17)2-9(11(12,13)14)3-8(6)5-15/h2-3H,4H2,1H3,(H,16,17). The molecule has 0 aliphatic rings. The Bertz CT molecular complexity index is 501. The maximum Gasteiger partial charge on any atom is 0.416 e. The highest BCUT2D eigenvalue weighted by Crippen LogP contribution is 2.32. The van der Waals surface area contributed by atoms with E-state index in [1.807, 2.05) is 0 Å². The number of carbonyl (C=O) groups is 1. The van der Waals surface area contributed by atoms with Crippen molar-refractivity contribution >= 4 is 5.97 Å². The van der Waals surface area contributed by atoms with E-state index in [-0.39, 0.29) is 16.7 Å². The maximum absolute atomic E-state index is 12.5. The van der Waals surface area contributed by atoms with Gasteiger partial charge in [-0.1, -0.05) is 0 Å². The van der Waals surface area contributed by atoms with Crippen LogP contribution >= 0.6 is 0 Å².